The standard InChI is InChI=1S/C12H11N3OS/c1-2-16-9-7-13-15-12-11(9)17-10-6-4-3-5-8(10)14-12/h3-7H,2H2,1H3,(H,14,15). The minimum atomic E-state index is 0.625. The molecule has 0 radical (unpaired) electrons. The first-order valence-electron chi connectivity index (χ1n) is 5.41. The lowest BCUT2D eigenvalue weighted by Crippen LogP contribution is -2.05. The van der Waals surface area contributed by atoms with Gasteiger partial charge in [0.1, 0.15) is 4.90 Å². The Bertz CT molecular complexity index is 559. The minimum absolute atomic E-state index is 0.625. The van der Waals surface area contributed by atoms with Crippen LogP contribution in [0.3, 0.4) is 0 Å². The van der Waals surface area contributed by atoms with Gasteiger partial charge >= 0.3 is 0 Å². The lowest BCUT2D eigenvalue weighted by atomic mass is 10.3. The fourth-order valence-electron chi connectivity index (χ4n) is 1.69. The second-order valence-corrected chi connectivity index (χ2v) is 4.59. The van der Waals surface area contributed by atoms with E-state index < -0.39 is 0 Å². The maximum absolute atomic E-state index is 5.56. The number of benzene rings is 1. The monoisotopic (exact) mass is 245 g/mol. The predicted molar refractivity (Wildman–Crippen MR) is 67.0 cm³/mol. The number of aromatic nitrogens is 2. The molecule has 0 atom stereocenters. The number of hydrogen-bond acceptors (Lipinski definition) is 5. The average Bonchev–Trinajstić information content (AvgIpc) is 2.37. The van der Waals surface area contributed by atoms with Gasteiger partial charge in [-0.05, 0) is 19.1 Å². The summed E-state index contributed by atoms with van der Waals surface area (Å²) in [6.45, 7) is 2.59. The minimum Gasteiger partial charge on any atom is -0.491 e. The van der Waals surface area contributed by atoms with Gasteiger partial charge < -0.3 is 10.1 Å². The van der Waals surface area contributed by atoms with Crippen LogP contribution in [-0.2, 0) is 0 Å². The Hall–Kier alpha value is -1.75. The van der Waals surface area contributed by atoms with Gasteiger partial charge in [0.25, 0.3) is 0 Å². The first-order chi connectivity index (χ1) is 8.38. The number of hydrogen-bond donors (Lipinski definition) is 1. The zero-order valence-electron chi connectivity index (χ0n) is 9.30. The van der Waals surface area contributed by atoms with Crippen LogP contribution in [0.25, 0.3) is 0 Å². The van der Waals surface area contributed by atoms with Crippen molar-refractivity contribution in [2.45, 2.75) is 16.7 Å². The van der Waals surface area contributed by atoms with Gasteiger partial charge in [0.05, 0.1) is 18.5 Å². The van der Waals surface area contributed by atoms with Crippen molar-refractivity contribution in [3.63, 3.8) is 0 Å². The zero-order chi connectivity index (χ0) is 11.7. The Morgan fingerprint density at radius 3 is 3.12 bits per heavy atom. The molecule has 17 heavy (non-hydrogen) atoms. The van der Waals surface area contributed by atoms with Crippen molar-refractivity contribution in [1.29, 1.82) is 0 Å². The highest BCUT2D eigenvalue weighted by Crippen LogP contribution is 2.46. The first-order valence-corrected chi connectivity index (χ1v) is 6.22. The summed E-state index contributed by atoms with van der Waals surface area (Å²) in [6.07, 6.45) is 1.66. The van der Waals surface area contributed by atoms with Gasteiger partial charge in [0.2, 0.25) is 0 Å². The molecule has 2 aromatic rings. The van der Waals surface area contributed by atoms with Crippen LogP contribution in [-0.4, -0.2) is 16.8 Å². The van der Waals surface area contributed by atoms with E-state index in [2.05, 4.69) is 21.6 Å². The van der Waals surface area contributed by atoms with Crippen LogP contribution < -0.4 is 10.1 Å². The molecule has 86 valence electrons. The fourth-order valence-corrected chi connectivity index (χ4v) is 2.69. The molecule has 0 amide bonds. The van der Waals surface area contributed by atoms with E-state index in [0.29, 0.717) is 6.61 Å². The van der Waals surface area contributed by atoms with E-state index in [-0.39, 0.29) is 0 Å². The summed E-state index contributed by atoms with van der Waals surface area (Å²) in [4.78, 5) is 2.18. The molecule has 0 fully saturated rings. The van der Waals surface area contributed by atoms with Gasteiger partial charge in [-0.25, -0.2) is 0 Å². The van der Waals surface area contributed by atoms with Gasteiger partial charge in [0.15, 0.2) is 11.6 Å². The SMILES string of the molecule is CCOc1cnnc2c1Sc1ccccc1N2. The van der Waals surface area contributed by atoms with Crippen molar-refractivity contribution in [2.24, 2.45) is 0 Å². The van der Waals surface area contributed by atoms with Crippen molar-refractivity contribution in [3.05, 3.63) is 30.5 Å². The quantitative estimate of drug-likeness (QED) is 0.751. The van der Waals surface area contributed by atoms with Crippen LogP contribution >= 0.6 is 11.8 Å². The Morgan fingerprint density at radius 1 is 1.35 bits per heavy atom. The van der Waals surface area contributed by atoms with Crippen LogP contribution in [0.4, 0.5) is 11.5 Å². The van der Waals surface area contributed by atoms with Crippen LogP contribution in [0.1, 0.15) is 6.92 Å². The summed E-state index contributed by atoms with van der Waals surface area (Å²) in [5.41, 5.74) is 1.06. The third kappa shape index (κ3) is 1.82. The molecular weight excluding hydrogens is 234 g/mol. The largest absolute Gasteiger partial charge is 0.491 e. The summed E-state index contributed by atoms with van der Waals surface area (Å²) in [6, 6.07) is 8.12. The van der Waals surface area contributed by atoms with Crippen molar-refractivity contribution < 1.29 is 4.74 Å². The number of rotatable bonds is 2. The highest BCUT2D eigenvalue weighted by molar-refractivity contribution is 7.99. The number of nitrogens with zero attached hydrogens (tertiary/aromatic N) is 2. The highest BCUT2D eigenvalue weighted by Gasteiger charge is 2.20. The molecule has 3 rings (SSSR count). The van der Waals surface area contributed by atoms with E-state index in [9.17, 15) is 0 Å². The van der Waals surface area contributed by atoms with Gasteiger partial charge in [-0.3, -0.25) is 0 Å². The Labute approximate surface area is 103 Å². The third-order valence-electron chi connectivity index (χ3n) is 2.42. The van der Waals surface area contributed by atoms with Crippen molar-refractivity contribution in [3.8, 4) is 5.75 Å². The normalized spacial score (nSPS) is 12.3. The first kappa shape index (κ1) is 10.4. The number of para-hydroxylation sites is 1. The molecule has 1 aromatic heterocycles. The predicted octanol–water partition coefficient (Wildman–Crippen LogP) is 3.08. The molecule has 0 saturated heterocycles. The van der Waals surface area contributed by atoms with E-state index in [0.717, 1.165) is 22.2 Å². The summed E-state index contributed by atoms with van der Waals surface area (Å²) < 4.78 is 5.56. The number of nitrogens with one attached hydrogen (secondary N) is 1. The lowest BCUT2D eigenvalue weighted by Gasteiger charge is -2.20. The third-order valence-corrected chi connectivity index (χ3v) is 3.60. The van der Waals surface area contributed by atoms with Crippen molar-refractivity contribution in [2.75, 3.05) is 11.9 Å². The van der Waals surface area contributed by atoms with Crippen LogP contribution in [0.5, 0.6) is 5.75 Å². The van der Waals surface area contributed by atoms with Crippen LogP contribution in [0, 0.1) is 0 Å². The van der Waals surface area contributed by atoms with Gasteiger partial charge in [0, 0.05) is 4.90 Å². The maximum atomic E-state index is 5.56. The van der Waals surface area contributed by atoms with Gasteiger partial charge in [-0.1, -0.05) is 23.9 Å². The lowest BCUT2D eigenvalue weighted by molar-refractivity contribution is 0.330. The Morgan fingerprint density at radius 2 is 2.24 bits per heavy atom. The molecule has 1 N–H and O–H groups in total. The molecule has 0 bridgehead atoms. The summed E-state index contributed by atoms with van der Waals surface area (Å²) >= 11 is 1.66. The van der Waals surface area contributed by atoms with Crippen molar-refractivity contribution >= 4 is 23.3 Å². The fraction of sp³-hybridized carbons (Fsp3) is 0.167. The van der Waals surface area contributed by atoms with Crippen LogP contribution in [0.15, 0.2) is 40.3 Å². The molecule has 0 spiro atoms. The summed E-state index contributed by atoms with van der Waals surface area (Å²) in [5.74, 6) is 1.55. The molecule has 5 heteroatoms. The smallest absolute Gasteiger partial charge is 0.170 e. The second-order valence-electron chi connectivity index (χ2n) is 3.54. The topological polar surface area (TPSA) is 47.0 Å². The van der Waals surface area contributed by atoms with Gasteiger partial charge in [-0.15, -0.1) is 5.10 Å². The number of anilines is 2. The van der Waals surface area contributed by atoms with Crippen LogP contribution in [0.2, 0.25) is 0 Å². The zero-order valence-corrected chi connectivity index (χ0v) is 10.1. The molecule has 0 saturated carbocycles. The molecule has 4 nitrogen and oxygen atoms in total. The van der Waals surface area contributed by atoms with E-state index in [1.54, 1.807) is 18.0 Å². The second kappa shape index (κ2) is 4.25. The molecule has 2 heterocycles. The van der Waals surface area contributed by atoms with E-state index >= 15 is 0 Å². The Kier molecular flexibility index (Phi) is 2.60. The summed E-state index contributed by atoms with van der Waals surface area (Å²) in [7, 11) is 0. The number of fused-ring (bicyclic) bond motifs is 2. The van der Waals surface area contributed by atoms with E-state index in [4.69, 9.17) is 4.74 Å². The summed E-state index contributed by atoms with van der Waals surface area (Å²) in [5, 5.41) is 11.3. The molecule has 0 aliphatic carbocycles. The molecule has 0 unspecified atom stereocenters. The molecule has 1 aliphatic rings. The molecule has 1 aromatic carbocycles. The Balaban J connectivity index is 2.05. The maximum Gasteiger partial charge on any atom is 0.170 e. The van der Waals surface area contributed by atoms with E-state index in [1.807, 2.05) is 25.1 Å². The number of ether oxygens (including phenoxy) is 1. The average molecular weight is 245 g/mol. The molecular formula is C12H11N3OS. The van der Waals surface area contributed by atoms with Gasteiger partial charge in [-0.2, -0.15) is 5.10 Å². The highest BCUT2D eigenvalue weighted by atomic mass is 32.2. The molecule has 1 aliphatic heterocycles. The van der Waals surface area contributed by atoms with Crippen molar-refractivity contribution in [1.82, 2.24) is 10.2 Å². The van der Waals surface area contributed by atoms with E-state index in [1.165, 1.54) is 4.90 Å².